The van der Waals surface area contributed by atoms with Crippen molar-refractivity contribution in [2.45, 2.75) is 6.54 Å². The third kappa shape index (κ3) is 2.79. The minimum absolute atomic E-state index is 0.202. The molecule has 1 aromatic heterocycles. The van der Waals surface area contributed by atoms with Gasteiger partial charge in [0.15, 0.2) is 0 Å². The summed E-state index contributed by atoms with van der Waals surface area (Å²) in [6.45, 7) is 0.477. The first kappa shape index (κ1) is 12.0. The van der Waals surface area contributed by atoms with Crippen LogP contribution in [0.25, 0.3) is 0 Å². The summed E-state index contributed by atoms with van der Waals surface area (Å²) in [5.74, 6) is 1.24. The van der Waals surface area contributed by atoms with E-state index in [9.17, 15) is 4.79 Å². The third-order valence-corrected chi connectivity index (χ3v) is 2.44. The molecule has 0 aliphatic rings. The van der Waals surface area contributed by atoms with Gasteiger partial charge in [-0.25, -0.2) is 4.98 Å². The molecule has 0 unspecified atom stereocenters. The van der Waals surface area contributed by atoms with Gasteiger partial charge < -0.3 is 20.8 Å². The zero-order valence-corrected chi connectivity index (χ0v) is 9.93. The van der Waals surface area contributed by atoms with E-state index in [1.165, 1.54) is 12.4 Å². The molecule has 0 saturated heterocycles. The van der Waals surface area contributed by atoms with E-state index in [0.29, 0.717) is 18.1 Å². The number of hydrogen-bond acceptors (Lipinski definition) is 5. The predicted octanol–water partition coefficient (Wildman–Crippen LogP) is 0.973. The maximum absolute atomic E-state index is 11.1. The number of methoxy groups -OCH3 is 1. The summed E-state index contributed by atoms with van der Waals surface area (Å²) in [6, 6.07) is 6.78. The molecule has 94 valence electrons. The molecule has 2 rings (SSSR count). The number of aromatic nitrogens is 2. The molecule has 2 aromatic rings. The van der Waals surface area contributed by atoms with Crippen molar-refractivity contribution in [3.05, 3.63) is 46.5 Å². The molecule has 0 radical (unpaired) electrons. The van der Waals surface area contributed by atoms with Crippen LogP contribution in [0.15, 0.2) is 35.4 Å². The van der Waals surface area contributed by atoms with Crippen LogP contribution in [0.5, 0.6) is 5.75 Å². The molecule has 6 nitrogen and oxygen atoms in total. The molecule has 1 heterocycles. The summed E-state index contributed by atoms with van der Waals surface area (Å²) in [7, 11) is 1.60. The quantitative estimate of drug-likeness (QED) is 0.699. The van der Waals surface area contributed by atoms with Gasteiger partial charge in [0.2, 0.25) is 0 Å². The number of H-pyrrole nitrogens is 1. The molecule has 18 heavy (non-hydrogen) atoms. The van der Waals surface area contributed by atoms with Gasteiger partial charge in [-0.3, -0.25) is 4.79 Å². The Morgan fingerprint density at radius 1 is 1.44 bits per heavy atom. The number of hydrogen-bond donors (Lipinski definition) is 3. The average molecular weight is 246 g/mol. The molecule has 0 spiro atoms. The second kappa shape index (κ2) is 5.22. The van der Waals surface area contributed by atoms with Crippen LogP contribution < -0.4 is 21.3 Å². The Kier molecular flexibility index (Phi) is 3.47. The lowest BCUT2D eigenvalue weighted by molar-refractivity contribution is 0.410. The van der Waals surface area contributed by atoms with Gasteiger partial charge in [0.25, 0.3) is 5.56 Å². The van der Waals surface area contributed by atoms with Crippen LogP contribution in [0.1, 0.15) is 5.56 Å². The number of nitrogens with zero attached hydrogens (tertiary/aromatic N) is 1. The topological polar surface area (TPSA) is 93.0 Å². The normalized spacial score (nSPS) is 10.1. The number of ether oxygens (including phenoxy) is 1. The van der Waals surface area contributed by atoms with Crippen molar-refractivity contribution in [1.82, 2.24) is 9.97 Å². The van der Waals surface area contributed by atoms with Crippen molar-refractivity contribution >= 4 is 11.5 Å². The van der Waals surface area contributed by atoms with E-state index in [1.54, 1.807) is 19.2 Å². The fourth-order valence-corrected chi connectivity index (χ4v) is 1.59. The largest absolute Gasteiger partial charge is 0.496 e. The Labute approximate surface area is 104 Å². The summed E-state index contributed by atoms with van der Waals surface area (Å²) in [6.07, 6.45) is 1.35. The molecule has 0 atom stereocenters. The first-order valence-corrected chi connectivity index (χ1v) is 5.40. The lowest BCUT2D eigenvalue weighted by Crippen LogP contribution is -2.09. The zero-order chi connectivity index (χ0) is 13.0. The number of rotatable bonds is 4. The highest BCUT2D eigenvalue weighted by Crippen LogP contribution is 2.21. The molecule has 4 N–H and O–H groups in total. The van der Waals surface area contributed by atoms with E-state index in [-0.39, 0.29) is 5.56 Å². The standard InChI is InChI=1S/C12H14N4O2/c1-18-10-3-2-9(13)4-8(10)6-14-11-5-12(17)16-7-15-11/h2-5,7H,6,13H2,1H3,(H2,14,15,16,17). The minimum atomic E-state index is -0.202. The summed E-state index contributed by atoms with van der Waals surface area (Å²) < 4.78 is 5.23. The number of aromatic amines is 1. The molecule has 6 heteroatoms. The van der Waals surface area contributed by atoms with Gasteiger partial charge in [-0.05, 0) is 18.2 Å². The van der Waals surface area contributed by atoms with Gasteiger partial charge in [0, 0.05) is 23.9 Å². The molecule has 1 aromatic carbocycles. The van der Waals surface area contributed by atoms with Gasteiger partial charge in [-0.15, -0.1) is 0 Å². The molecular weight excluding hydrogens is 232 g/mol. The van der Waals surface area contributed by atoms with E-state index >= 15 is 0 Å². The first-order valence-electron chi connectivity index (χ1n) is 5.40. The first-order chi connectivity index (χ1) is 8.69. The molecule has 0 amide bonds. The lowest BCUT2D eigenvalue weighted by Gasteiger charge is -2.10. The van der Waals surface area contributed by atoms with Crippen LogP contribution in [0.3, 0.4) is 0 Å². The van der Waals surface area contributed by atoms with Crippen LogP contribution in [0.4, 0.5) is 11.5 Å². The number of benzene rings is 1. The van der Waals surface area contributed by atoms with Crippen molar-refractivity contribution in [1.29, 1.82) is 0 Å². The molecular formula is C12H14N4O2. The Bertz CT molecular complexity index is 595. The molecule has 0 fully saturated rings. The number of anilines is 2. The van der Waals surface area contributed by atoms with Crippen LogP contribution in [0.2, 0.25) is 0 Å². The van der Waals surface area contributed by atoms with Crippen LogP contribution in [-0.4, -0.2) is 17.1 Å². The summed E-state index contributed by atoms with van der Waals surface area (Å²) in [5, 5.41) is 3.04. The lowest BCUT2D eigenvalue weighted by atomic mass is 10.2. The minimum Gasteiger partial charge on any atom is -0.496 e. The van der Waals surface area contributed by atoms with Crippen molar-refractivity contribution in [3.63, 3.8) is 0 Å². The van der Waals surface area contributed by atoms with Gasteiger partial charge in [0.05, 0.1) is 13.4 Å². The SMILES string of the molecule is COc1ccc(N)cc1CNc1cc(=O)[nH]cn1. The van der Waals surface area contributed by atoms with Crippen LogP contribution >= 0.6 is 0 Å². The average Bonchev–Trinajstić information content (AvgIpc) is 2.37. The number of nitrogens with two attached hydrogens (primary N) is 1. The van der Waals surface area contributed by atoms with Crippen LogP contribution in [-0.2, 0) is 6.54 Å². The highest BCUT2D eigenvalue weighted by atomic mass is 16.5. The molecule has 0 bridgehead atoms. The van der Waals surface area contributed by atoms with E-state index in [1.807, 2.05) is 6.07 Å². The molecule has 0 aliphatic heterocycles. The molecule has 0 saturated carbocycles. The highest BCUT2D eigenvalue weighted by molar-refractivity contribution is 5.49. The Balaban J connectivity index is 2.15. The third-order valence-electron chi connectivity index (χ3n) is 2.44. The predicted molar refractivity (Wildman–Crippen MR) is 69.6 cm³/mol. The Hall–Kier alpha value is -2.50. The summed E-state index contributed by atoms with van der Waals surface area (Å²) in [4.78, 5) is 17.5. The number of nitrogen functional groups attached to an aromatic ring is 1. The van der Waals surface area contributed by atoms with E-state index in [4.69, 9.17) is 10.5 Å². The van der Waals surface area contributed by atoms with Crippen molar-refractivity contribution in [2.75, 3.05) is 18.2 Å². The Morgan fingerprint density at radius 2 is 2.28 bits per heavy atom. The maximum Gasteiger partial charge on any atom is 0.252 e. The van der Waals surface area contributed by atoms with Gasteiger partial charge in [-0.2, -0.15) is 0 Å². The second-order valence-corrected chi connectivity index (χ2v) is 3.72. The fraction of sp³-hybridized carbons (Fsp3) is 0.167. The van der Waals surface area contributed by atoms with Gasteiger partial charge >= 0.3 is 0 Å². The van der Waals surface area contributed by atoms with Crippen molar-refractivity contribution in [3.8, 4) is 5.75 Å². The van der Waals surface area contributed by atoms with Crippen molar-refractivity contribution in [2.24, 2.45) is 0 Å². The summed E-state index contributed by atoms with van der Waals surface area (Å²) >= 11 is 0. The zero-order valence-electron chi connectivity index (χ0n) is 9.93. The monoisotopic (exact) mass is 246 g/mol. The van der Waals surface area contributed by atoms with E-state index in [2.05, 4.69) is 15.3 Å². The smallest absolute Gasteiger partial charge is 0.252 e. The summed E-state index contributed by atoms with van der Waals surface area (Å²) in [5.41, 5.74) is 7.08. The molecule has 0 aliphatic carbocycles. The van der Waals surface area contributed by atoms with E-state index < -0.39 is 0 Å². The fourth-order valence-electron chi connectivity index (χ4n) is 1.59. The highest BCUT2D eigenvalue weighted by Gasteiger charge is 2.03. The van der Waals surface area contributed by atoms with Crippen LogP contribution in [0, 0.1) is 0 Å². The van der Waals surface area contributed by atoms with Crippen molar-refractivity contribution < 1.29 is 4.74 Å². The van der Waals surface area contributed by atoms with E-state index in [0.717, 1.165) is 11.3 Å². The van der Waals surface area contributed by atoms with Gasteiger partial charge in [0.1, 0.15) is 11.6 Å². The Morgan fingerprint density at radius 3 is 3.00 bits per heavy atom. The maximum atomic E-state index is 11.1. The van der Waals surface area contributed by atoms with Gasteiger partial charge in [-0.1, -0.05) is 0 Å². The number of nitrogens with one attached hydrogen (secondary N) is 2. The second-order valence-electron chi connectivity index (χ2n) is 3.72.